The first kappa shape index (κ1) is 20.3. The van der Waals surface area contributed by atoms with Gasteiger partial charge in [-0.15, -0.1) is 11.3 Å². The number of carbonyl (C=O) groups excluding carboxylic acids is 1. The van der Waals surface area contributed by atoms with E-state index in [1.165, 1.54) is 4.88 Å². The maximum atomic E-state index is 12.4. The van der Waals surface area contributed by atoms with Gasteiger partial charge < -0.3 is 4.90 Å². The van der Waals surface area contributed by atoms with E-state index >= 15 is 0 Å². The second-order valence-corrected chi connectivity index (χ2v) is 10.7. The molecule has 0 saturated carbocycles. The van der Waals surface area contributed by atoms with Gasteiger partial charge in [-0.2, -0.15) is 0 Å². The van der Waals surface area contributed by atoms with Crippen LogP contribution in [0.4, 0.5) is 0 Å². The third kappa shape index (κ3) is 5.54. The van der Waals surface area contributed by atoms with E-state index in [4.69, 9.17) is 11.6 Å². The molecule has 146 valence electrons. The number of hydrogen-bond acceptors (Lipinski definition) is 5. The molecule has 3 rings (SSSR count). The van der Waals surface area contributed by atoms with Crippen molar-refractivity contribution in [2.75, 3.05) is 31.9 Å². The zero-order valence-electron chi connectivity index (χ0n) is 15.2. The van der Waals surface area contributed by atoms with Gasteiger partial charge in [-0.05, 0) is 31.2 Å². The maximum absolute atomic E-state index is 12.4. The number of hydrogen-bond donors (Lipinski definition) is 0. The molecule has 1 aliphatic rings. The zero-order valence-corrected chi connectivity index (χ0v) is 17.6. The molecule has 0 aliphatic carbocycles. The Bertz CT molecular complexity index is 886. The monoisotopic (exact) mass is 426 g/mol. The highest BCUT2D eigenvalue weighted by molar-refractivity contribution is 7.91. The van der Waals surface area contributed by atoms with Crippen LogP contribution in [0, 0.1) is 6.92 Å². The molecule has 1 aromatic carbocycles. The molecule has 2 aromatic rings. The average molecular weight is 427 g/mol. The van der Waals surface area contributed by atoms with Crippen molar-refractivity contribution in [3.05, 3.63) is 51.2 Å². The van der Waals surface area contributed by atoms with Gasteiger partial charge in [0.2, 0.25) is 5.91 Å². The van der Waals surface area contributed by atoms with Crippen molar-refractivity contribution < 1.29 is 13.2 Å². The highest BCUT2D eigenvalue weighted by atomic mass is 35.5. The Kier molecular flexibility index (Phi) is 6.57. The number of amides is 1. The van der Waals surface area contributed by atoms with Crippen LogP contribution >= 0.6 is 22.9 Å². The van der Waals surface area contributed by atoms with Crippen molar-refractivity contribution in [1.82, 2.24) is 9.80 Å². The minimum Gasteiger partial charge on any atom is -0.340 e. The summed E-state index contributed by atoms with van der Waals surface area (Å²) < 4.78 is 25.6. The van der Waals surface area contributed by atoms with Crippen molar-refractivity contribution in [3.8, 4) is 0 Å². The van der Waals surface area contributed by atoms with Gasteiger partial charge in [-0.25, -0.2) is 8.42 Å². The predicted octanol–water partition coefficient (Wildman–Crippen LogP) is 3.22. The number of carbonyl (C=O) groups is 1. The van der Waals surface area contributed by atoms with Gasteiger partial charge in [-0.1, -0.05) is 29.3 Å². The first-order valence-electron chi connectivity index (χ1n) is 8.87. The number of halogens is 1. The summed E-state index contributed by atoms with van der Waals surface area (Å²) in [6.07, 6.45) is 0.0245. The van der Waals surface area contributed by atoms with Crippen LogP contribution in [0.15, 0.2) is 41.3 Å². The summed E-state index contributed by atoms with van der Waals surface area (Å²) in [7, 11) is -3.43. The molecule has 5 nitrogen and oxygen atoms in total. The van der Waals surface area contributed by atoms with Gasteiger partial charge in [0.15, 0.2) is 9.84 Å². The van der Waals surface area contributed by atoms with Crippen molar-refractivity contribution in [3.63, 3.8) is 0 Å². The minimum absolute atomic E-state index is 0.0245. The number of piperazine rings is 1. The number of sulfone groups is 1. The van der Waals surface area contributed by atoms with Crippen LogP contribution in [0.25, 0.3) is 0 Å². The van der Waals surface area contributed by atoms with Gasteiger partial charge in [0.1, 0.15) is 0 Å². The molecule has 1 aromatic heterocycles. The molecule has 0 radical (unpaired) electrons. The first-order valence-corrected chi connectivity index (χ1v) is 11.7. The smallest absolute Gasteiger partial charge is 0.223 e. The Morgan fingerprint density at radius 3 is 2.33 bits per heavy atom. The van der Waals surface area contributed by atoms with Crippen molar-refractivity contribution in [2.45, 2.75) is 24.8 Å². The van der Waals surface area contributed by atoms with Gasteiger partial charge >= 0.3 is 0 Å². The third-order valence-electron chi connectivity index (χ3n) is 4.70. The van der Waals surface area contributed by atoms with Crippen LogP contribution in [0.5, 0.6) is 0 Å². The Morgan fingerprint density at radius 1 is 1.07 bits per heavy atom. The standard InChI is InChI=1S/C19H23ClN2O3S2/c1-15-2-5-17(6-3-15)27(24,25)13-8-19(23)22-11-9-21(10-12-22)14-16-4-7-18(20)26-16/h2-7H,8-14H2,1H3. The Balaban J connectivity index is 1.47. The molecule has 1 fully saturated rings. The van der Waals surface area contributed by atoms with Gasteiger partial charge in [0.05, 0.1) is 15.0 Å². The second kappa shape index (κ2) is 8.73. The van der Waals surface area contributed by atoms with E-state index in [9.17, 15) is 13.2 Å². The SMILES string of the molecule is Cc1ccc(S(=O)(=O)CCC(=O)N2CCN(Cc3ccc(Cl)s3)CC2)cc1. The summed E-state index contributed by atoms with van der Waals surface area (Å²) in [4.78, 5) is 18.0. The lowest BCUT2D eigenvalue weighted by Gasteiger charge is -2.34. The highest BCUT2D eigenvalue weighted by Gasteiger charge is 2.23. The fourth-order valence-corrected chi connectivity index (χ4v) is 5.42. The number of aryl methyl sites for hydroxylation is 1. The van der Waals surface area contributed by atoms with Crippen LogP contribution in [0.2, 0.25) is 4.34 Å². The summed E-state index contributed by atoms with van der Waals surface area (Å²) in [5.74, 6) is -0.243. The summed E-state index contributed by atoms with van der Waals surface area (Å²) in [5.41, 5.74) is 1.01. The molecule has 0 bridgehead atoms. The van der Waals surface area contributed by atoms with Crippen LogP contribution in [-0.4, -0.2) is 56.1 Å². The van der Waals surface area contributed by atoms with E-state index in [0.29, 0.717) is 13.1 Å². The lowest BCUT2D eigenvalue weighted by molar-refractivity contribution is -0.132. The molecule has 1 saturated heterocycles. The van der Waals surface area contributed by atoms with Crippen LogP contribution in [0.3, 0.4) is 0 Å². The van der Waals surface area contributed by atoms with Gasteiger partial charge in [-0.3, -0.25) is 9.69 Å². The molecule has 2 heterocycles. The Hall–Kier alpha value is -1.41. The normalized spacial score (nSPS) is 15.9. The van der Waals surface area contributed by atoms with E-state index in [1.54, 1.807) is 40.5 Å². The second-order valence-electron chi connectivity index (χ2n) is 6.74. The Labute approximate surface area is 169 Å². The molecule has 27 heavy (non-hydrogen) atoms. The largest absolute Gasteiger partial charge is 0.340 e. The van der Waals surface area contributed by atoms with E-state index in [2.05, 4.69) is 4.90 Å². The lowest BCUT2D eigenvalue weighted by atomic mass is 10.2. The number of benzene rings is 1. The summed E-state index contributed by atoms with van der Waals surface area (Å²) in [5, 5.41) is 0. The number of rotatable bonds is 6. The van der Waals surface area contributed by atoms with E-state index < -0.39 is 9.84 Å². The molecule has 1 aliphatic heterocycles. The molecule has 1 amide bonds. The molecule has 0 N–H and O–H groups in total. The molecule has 0 atom stereocenters. The zero-order chi connectivity index (χ0) is 19.4. The summed E-state index contributed by atoms with van der Waals surface area (Å²) in [6, 6.07) is 10.7. The van der Waals surface area contributed by atoms with Crippen molar-refractivity contribution in [2.24, 2.45) is 0 Å². The Morgan fingerprint density at radius 2 is 1.74 bits per heavy atom. The van der Waals surface area contributed by atoms with E-state index in [1.807, 2.05) is 19.1 Å². The topological polar surface area (TPSA) is 57.7 Å². The number of thiophene rings is 1. The van der Waals surface area contributed by atoms with Crippen LogP contribution < -0.4 is 0 Å². The van der Waals surface area contributed by atoms with Crippen LogP contribution in [0.1, 0.15) is 16.9 Å². The molecular formula is C19H23ClN2O3S2. The van der Waals surface area contributed by atoms with Gasteiger partial charge in [0.25, 0.3) is 0 Å². The molecule has 0 unspecified atom stereocenters. The van der Waals surface area contributed by atoms with Crippen molar-refractivity contribution >= 4 is 38.7 Å². The predicted molar refractivity (Wildman–Crippen MR) is 109 cm³/mol. The van der Waals surface area contributed by atoms with Gasteiger partial charge in [0, 0.05) is 44.0 Å². The average Bonchev–Trinajstić information content (AvgIpc) is 3.05. The van der Waals surface area contributed by atoms with E-state index in [0.717, 1.165) is 29.5 Å². The quantitative estimate of drug-likeness (QED) is 0.711. The third-order valence-corrected chi connectivity index (χ3v) is 7.65. The van der Waals surface area contributed by atoms with Crippen molar-refractivity contribution in [1.29, 1.82) is 0 Å². The highest BCUT2D eigenvalue weighted by Crippen LogP contribution is 2.23. The fraction of sp³-hybridized carbons (Fsp3) is 0.421. The first-order chi connectivity index (χ1) is 12.8. The number of nitrogens with zero attached hydrogens (tertiary/aromatic N) is 2. The minimum atomic E-state index is -3.43. The molecule has 0 spiro atoms. The summed E-state index contributed by atoms with van der Waals surface area (Å²) in [6.45, 7) is 5.57. The fourth-order valence-electron chi connectivity index (χ4n) is 3.06. The summed E-state index contributed by atoms with van der Waals surface area (Å²) >= 11 is 7.54. The lowest BCUT2D eigenvalue weighted by Crippen LogP contribution is -2.48. The van der Waals surface area contributed by atoms with Crippen LogP contribution in [-0.2, 0) is 21.2 Å². The van der Waals surface area contributed by atoms with E-state index in [-0.39, 0.29) is 23.0 Å². The molecule has 8 heteroatoms. The molecular weight excluding hydrogens is 404 g/mol. The maximum Gasteiger partial charge on any atom is 0.223 e.